The molecule has 8 heteroatoms. The molecular formula is C10H16N2O5S. The minimum atomic E-state index is -3.62. The lowest BCUT2D eigenvalue weighted by atomic mass is 9.95. The van der Waals surface area contributed by atoms with Crippen molar-refractivity contribution in [1.29, 1.82) is 0 Å². The van der Waals surface area contributed by atoms with Crippen LogP contribution in [0.1, 0.15) is 25.3 Å². The number of nitrogens with zero attached hydrogens (tertiary/aromatic N) is 1. The monoisotopic (exact) mass is 276 g/mol. The molecule has 0 amide bonds. The van der Waals surface area contributed by atoms with E-state index in [1.165, 1.54) is 19.9 Å². The second-order valence-corrected chi connectivity index (χ2v) is 6.50. The number of nitrogens with one attached hydrogen (secondary N) is 1. The van der Waals surface area contributed by atoms with Crippen LogP contribution in [0.25, 0.3) is 0 Å². The second-order valence-electron chi connectivity index (χ2n) is 4.70. The van der Waals surface area contributed by atoms with Gasteiger partial charge in [0.15, 0.2) is 0 Å². The fourth-order valence-corrected chi connectivity index (χ4v) is 2.31. The molecule has 0 aromatic carbocycles. The highest BCUT2D eigenvalue weighted by Gasteiger charge is 2.29. The minimum absolute atomic E-state index is 0.179. The van der Waals surface area contributed by atoms with Crippen molar-refractivity contribution in [3.05, 3.63) is 17.5 Å². The standard InChI is InChI=1S/C10H16N2O5S/c1-7-4-8(12-17-7)5-18(15,16)11-6-10(2,3)9(13)14/h4,11H,5-6H2,1-3H3,(H,13,14). The smallest absolute Gasteiger partial charge is 0.310 e. The quantitative estimate of drug-likeness (QED) is 0.783. The Morgan fingerprint density at radius 3 is 2.61 bits per heavy atom. The van der Waals surface area contributed by atoms with Gasteiger partial charge in [-0.15, -0.1) is 0 Å². The number of rotatable bonds is 6. The Labute approximate surface area is 105 Å². The highest BCUT2D eigenvalue weighted by Crippen LogP contribution is 2.14. The Hall–Kier alpha value is -1.41. The number of aryl methyl sites for hydroxylation is 1. The van der Waals surface area contributed by atoms with Gasteiger partial charge >= 0.3 is 5.97 Å². The fraction of sp³-hybridized carbons (Fsp3) is 0.600. The number of carboxylic acids is 1. The van der Waals surface area contributed by atoms with E-state index in [-0.39, 0.29) is 18.0 Å². The van der Waals surface area contributed by atoms with Gasteiger partial charge in [-0.1, -0.05) is 5.16 Å². The van der Waals surface area contributed by atoms with Gasteiger partial charge in [0.05, 0.1) is 5.41 Å². The summed E-state index contributed by atoms with van der Waals surface area (Å²) in [7, 11) is -3.62. The number of carbonyl (C=O) groups is 1. The van der Waals surface area contributed by atoms with Gasteiger partial charge in [-0.05, 0) is 20.8 Å². The number of aliphatic carboxylic acids is 1. The van der Waals surface area contributed by atoms with Crippen LogP contribution in [0, 0.1) is 12.3 Å². The summed E-state index contributed by atoms with van der Waals surface area (Å²) >= 11 is 0. The summed E-state index contributed by atoms with van der Waals surface area (Å²) < 4.78 is 30.4. The Bertz CT molecular complexity index is 532. The zero-order valence-electron chi connectivity index (χ0n) is 10.4. The predicted molar refractivity (Wildman–Crippen MR) is 63.3 cm³/mol. The van der Waals surface area contributed by atoms with Crippen molar-refractivity contribution in [1.82, 2.24) is 9.88 Å². The van der Waals surface area contributed by atoms with Gasteiger partial charge in [-0.3, -0.25) is 4.79 Å². The molecule has 1 rings (SSSR count). The average Bonchev–Trinajstić information content (AvgIpc) is 2.60. The van der Waals surface area contributed by atoms with Crippen molar-refractivity contribution < 1.29 is 22.8 Å². The molecule has 1 aromatic rings. The SMILES string of the molecule is Cc1cc(CS(=O)(=O)NCC(C)(C)C(=O)O)no1. The van der Waals surface area contributed by atoms with Crippen LogP contribution in [-0.4, -0.2) is 31.2 Å². The molecule has 0 saturated carbocycles. The average molecular weight is 276 g/mol. The van der Waals surface area contributed by atoms with Crippen molar-refractivity contribution in [3.8, 4) is 0 Å². The summed E-state index contributed by atoms with van der Waals surface area (Å²) in [5, 5.41) is 12.4. The Morgan fingerprint density at radius 2 is 2.17 bits per heavy atom. The molecule has 0 atom stereocenters. The van der Waals surface area contributed by atoms with Crippen LogP contribution in [0.2, 0.25) is 0 Å². The van der Waals surface area contributed by atoms with Crippen LogP contribution in [0.4, 0.5) is 0 Å². The van der Waals surface area contributed by atoms with Gasteiger partial charge in [-0.2, -0.15) is 0 Å². The van der Waals surface area contributed by atoms with Gasteiger partial charge < -0.3 is 9.63 Å². The molecule has 0 aliphatic rings. The summed E-state index contributed by atoms with van der Waals surface area (Å²) in [6.45, 7) is 4.36. The van der Waals surface area contributed by atoms with Gasteiger partial charge in [-0.25, -0.2) is 13.1 Å². The molecule has 0 saturated heterocycles. The van der Waals surface area contributed by atoms with Crippen molar-refractivity contribution in [2.75, 3.05) is 6.54 Å². The third kappa shape index (κ3) is 4.11. The fourth-order valence-electron chi connectivity index (χ4n) is 1.10. The van der Waals surface area contributed by atoms with E-state index in [1.807, 2.05) is 0 Å². The summed E-state index contributed by atoms with van der Waals surface area (Å²) in [6, 6.07) is 1.52. The number of hydrogen-bond acceptors (Lipinski definition) is 5. The molecule has 1 aromatic heterocycles. The van der Waals surface area contributed by atoms with E-state index >= 15 is 0 Å². The molecule has 1 heterocycles. The lowest BCUT2D eigenvalue weighted by Crippen LogP contribution is -2.39. The van der Waals surface area contributed by atoms with Crippen LogP contribution in [0.15, 0.2) is 10.6 Å². The van der Waals surface area contributed by atoms with Crippen molar-refractivity contribution in [2.45, 2.75) is 26.5 Å². The first-order valence-electron chi connectivity index (χ1n) is 5.25. The number of sulfonamides is 1. The first-order valence-corrected chi connectivity index (χ1v) is 6.90. The minimum Gasteiger partial charge on any atom is -0.481 e. The zero-order valence-corrected chi connectivity index (χ0v) is 11.2. The Balaban J connectivity index is 2.64. The summed E-state index contributed by atoms with van der Waals surface area (Å²) in [6.07, 6.45) is 0. The van der Waals surface area contributed by atoms with E-state index in [2.05, 4.69) is 9.88 Å². The van der Waals surface area contributed by atoms with Gasteiger partial charge in [0.2, 0.25) is 10.0 Å². The molecule has 0 fully saturated rings. The molecule has 0 radical (unpaired) electrons. The molecule has 2 N–H and O–H groups in total. The van der Waals surface area contributed by atoms with E-state index < -0.39 is 21.4 Å². The topological polar surface area (TPSA) is 110 Å². The first-order chi connectivity index (χ1) is 8.12. The predicted octanol–water partition coefficient (Wildman–Crippen LogP) is 0.513. The van der Waals surface area contributed by atoms with Crippen molar-refractivity contribution >= 4 is 16.0 Å². The maximum absolute atomic E-state index is 11.7. The number of hydrogen-bond donors (Lipinski definition) is 2. The Kier molecular flexibility index (Phi) is 4.12. The first kappa shape index (κ1) is 14.7. The third-order valence-electron chi connectivity index (χ3n) is 2.33. The molecule has 102 valence electrons. The maximum Gasteiger partial charge on any atom is 0.310 e. The number of carboxylic acid groups (broad SMARTS) is 1. The molecular weight excluding hydrogens is 260 g/mol. The van der Waals surface area contributed by atoms with Gasteiger partial charge in [0, 0.05) is 12.6 Å². The van der Waals surface area contributed by atoms with Crippen LogP contribution in [0.5, 0.6) is 0 Å². The molecule has 0 spiro atoms. The summed E-state index contributed by atoms with van der Waals surface area (Å²) in [5.41, 5.74) is -0.875. The zero-order chi connectivity index (χ0) is 14.0. The van der Waals surface area contributed by atoms with E-state index in [0.29, 0.717) is 5.76 Å². The van der Waals surface area contributed by atoms with Gasteiger partial charge in [0.25, 0.3) is 0 Å². The van der Waals surface area contributed by atoms with E-state index in [0.717, 1.165) is 0 Å². The highest BCUT2D eigenvalue weighted by molar-refractivity contribution is 7.88. The molecule has 0 aliphatic heterocycles. The summed E-state index contributed by atoms with van der Waals surface area (Å²) in [5.74, 6) is -0.881. The van der Waals surface area contributed by atoms with Crippen molar-refractivity contribution in [2.24, 2.45) is 5.41 Å². The van der Waals surface area contributed by atoms with Crippen LogP contribution in [-0.2, 0) is 20.6 Å². The summed E-state index contributed by atoms with van der Waals surface area (Å²) in [4.78, 5) is 10.8. The molecule has 0 unspecified atom stereocenters. The molecule has 0 aliphatic carbocycles. The van der Waals surface area contributed by atoms with Gasteiger partial charge in [0.1, 0.15) is 17.2 Å². The Morgan fingerprint density at radius 1 is 1.56 bits per heavy atom. The van der Waals surface area contributed by atoms with Crippen LogP contribution >= 0.6 is 0 Å². The van der Waals surface area contributed by atoms with E-state index in [9.17, 15) is 13.2 Å². The molecule has 18 heavy (non-hydrogen) atoms. The van der Waals surface area contributed by atoms with Crippen LogP contribution in [0.3, 0.4) is 0 Å². The normalized spacial score (nSPS) is 12.6. The maximum atomic E-state index is 11.7. The largest absolute Gasteiger partial charge is 0.481 e. The van der Waals surface area contributed by atoms with Crippen molar-refractivity contribution in [3.63, 3.8) is 0 Å². The second kappa shape index (κ2) is 5.07. The molecule has 0 bridgehead atoms. The van der Waals surface area contributed by atoms with Crippen LogP contribution < -0.4 is 4.72 Å². The number of aromatic nitrogens is 1. The van der Waals surface area contributed by atoms with E-state index in [1.54, 1.807) is 6.92 Å². The lowest BCUT2D eigenvalue weighted by molar-refractivity contribution is -0.146. The molecule has 7 nitrogen and oxygen atoms in total. The lowest BCUT2D eigenvalue weighted by Gasteiger charge is -2.19. The van der Waals surface area contributed by atoms with E-state index in [4.69, 9.17) is 9.63 Å². The third-order valence-corrected chi connectivity index (χ3v) is 3.59. The highest BCUT2D eigenvalue weighted by atomic mass is 32.2.